The third kappa shape index (κ3) is 3.71. The van der Waals surface area contributed by atoms with Gasteiger partial charge in [-0.2, -0.15) is 0 Å². The molecule has 1 saturated carbocycles. The average Bonchev–Trinajstić information content (AvgIpc) is 2.97. The van der Waals surface area contributed by atoms with E-state index in [4.69, 9.17) is 0 Å². The lowest BCUT2D eigenvalue weighted by atomic mass is 10.1. The third-order valence-corrected chi connectivity index (χ3v) is 3.81. The van der Waals surface area contributed by atoms with Gasteiger partial charge in [-0.25, -0.2) is 0 Å². The lowest BCUT2D eigenvalue weighted by Crippen LogP contribution is -2.33. The van der Waals surface area contributed by atoms with Gasteiger partial charge in [-0.05, 0) is 25.0 Å². The van der Waals surface area contributed by atoms with E-state index in [2.05, 4.69) is 5.32 Å². The van der Waals surface area contributed by atoms with Crippen LogP contribution in [0, 0.1) is 5.92 Å². The highest BCUT2D eigenvalue weighted by Gasteiger charge is 2.23. The minimum absolute atomic E-state index is 0.00135. The predicted molar refractivity (Wildman–Crippen MR) is 80.0 cm³/mol. The Hall–Kier alpha value is -2.11. The van der Waals surface area contributed by atoms with Crippen molar-refractivity contribution in [2.75, 3.05) is 19.4 Å². The number of anilines is 1. The summed E-state index contributed by atoms with van der Waals surface area (Å²) in [5.41, 5.74) is -0.111. The van der Waals surface area contributed by atoms with Crippen LogP contribution in [0.4, 0.5) is 5.69 Å². The first-order valence-electron chi connectivity index (χ1n) is 7.19. The molecule has 1 heterocycles. The minimum Gasteiger partial charge on any atom is -0.347 e. The van der Waals surface area contributed by atoms with E-state index in [1.54, 1.807) is 32.4 Å². The van der Waals surface area contributed by atoms with Crippen LogP contribution >= 0.6 is 0 Å². The predicted octanol–water partition coefficient (Wildman–Crippen LogP) is 1.07. The van der Waals surface area contributed by atoms with Crippen LogP contribution in [0.15, 0.2) is 23.1 Å². The van der Waals surface area contributed by atoms with Crippen molar-refractivity contribution < 1.29 is 9.59 Å². The van der Waals surface area contributed by atoms with Crippen LogP contribution < -0.4 is 10.9 Å². The molecule has 1 aliphatic rings. The highest BCUT2D eigenvalue weighted by molar-refractivity contribution is 5.92. The molecule has 21 heavy (non-hydrogen) atoms. The van der Waals surface area contributed by atoms with Crippen LogP contribution in [0.25, 0.3) is 0 Å². The fourth-order valence-corrected chi connectivity index (χ4v) is 2.47. The van der Waals surface area contributed by atoms with Gasteiger partial charge in [0.2, 0.25) is 11.8 Å². The Bertz CT molecular complexity index is 586. The molecule has 1 aromatic heterocycles. The fourth-order valence-electron chi connectivity index (χ4n) is 2.47. The van der Waals surface area contributed by atoms with Gasteiger partial charge in [-0.15, -0.1) is 0 Å². The zero-order chi connectivity index (χ0) is 15.4. The molecule has 1 fully saturated rings. The monoisotopic (exact) mass is 291 g/mol. The first-order valence-corrected chi connectivity index (χ1v) is 7.19. The maximum atomic E-state index is 12.3. The third-order valence-electron chi connectivity index (χ3n) is 3.81. The van der Waals surface area contributed by atoms with E-state index in [0.29, 0.717) is 0 Å². The molecule has 6 nitrogen and oxygen atoms in total. The first-order chi connectivity index (χ1) is 9.99. The summed E-state index contributed by atoms with van der Waals surface area (Å²) in [5.74, 6) is -0.265. The van der Waals surface area contributed by atoms with Gasteiger partial charge in [-0.1, -0.05) is 12.8 Å². The number of pyridine rings is 1. The Kier molecular flexibility index (Phi) is 4.77. The molecule has 0 bridgehead atoms. The van der Waals surface area contributed by atoms with Gasteiger partial charge in [0.25, 0.3) is 5.56 Å². The number of nitrogens with one attached hydrogen (secondary N) is 1. The van der Waals surface area contributed by atoms with Crippen molar-refractivity contribution in [3.05, 3.63) is 28.7 Å². The molecule has 0 saturated heterocycles. The molecule has 0 atom stereocenters. The summed E-state index contributed by atoms with van der Waals surface area (Å²) in [7, 11) is 3.28. The molecule has 2 rings (SSSR count). The van der Waals surface area contributed by atoms with Gasteiger partial charge in [0, 0.05) is 26.2 Å². The number of hydrogen-bond donors (Lipinski definition) is 1. The van der Waals surface area contributed by atoms with Crippen molar-refractivity contribution >= 4 is 17.5 Å². The van der Waals surface area contributed by atoms with Crippen LogP contribution in [-0.2, 0) is 16.1 Å². The number of amides is 2. The smallest absolute Gasteiger partial charge is 0.274 e. The Balaban J connectivity index is 2.12. The van der Waals surface area contributed by atoms with Gasteiger partial charge in [0.15, 0.2) is 0 Å². The second kappa shape index (κ2) is 6.56. The van der Waals surface area contributed by atoms with Crippen LogP contribution in [0.5, 0.6) is 0 Å². The van der Waals surface area contributed by atoms with E-state index in [1.807, 2.05) is 0 Å². The van der Waals surface area contributed by atoms with Crippen molar-refractivity contribution in [2.45, 2.75) is 32.2 Å². The molecule has 0 spiro atoms. The maximum Gasteiger partial charge on any atom is 0.274 e. The number of carbonyl (C=O) groups is 2. The molecule has 0 radical (unpaired) electrons. The fraction of sp³-hybridized carbons (Fsp3) is 0.533. The number of nitrogens with zero attached hydrogens (tertiary/aromatic N) is 2. The maximum absolute atomic E-state index is 12.3. The molecule has 6 heteroatoms. The lowest BCUT2D eigenvalue weighted by Gasteiger charge is -2.14. The van der Waals surface area contributed by atoms with Crippen LogP contribution in [-0.4, -0.2) is 35.4 Å². The zero-order valence-electron chi connectivity index (χ0n) is 12.5. The highest BCUT2D eigenvalue weighted by Crippen LogP contribution is 2.25. The summed E-state index contributed by atoms with van der Waals surface area (Å²) in [5, 5.41) is 2.70. The molecular formula is C15H21N3O3. The van der Waals surface area contributed by atoms with E-state index < -0.39 is 0 Å². The molecule has 2 amide bonds. The Morgan fingerprint density at radius 1 is 1.33 bits per heavy atom. The van der Waals surface area contributed by atoms with E-state index >= 15 is 0 Å². The van der Waals surface area contributed by atoms with Crippen LogP contribution in [0.1, 0.15) is 25.7 Å². The van der Waals surface area contributed by atoms with Crippen LogP contribution in [0.3, 0.4) is 0 Å². The van der Waals surface area contributed by atoms with Gasteiger partial charge >= 0.3 is 0 Å². The van der Waals surface area contributed by atoms with Gasteiger partial charge in [0.1, 0.15) is 12.2 Å². The molecule has 1 aromatic rings. The number of carbonyl (C=O) groups excluding carboxylic acids is 2. The van der Waals surface area contributed by atoms with E-state index in [0.717, 1.165) is 25.7 Å². The molecule has 0 aliphatic heterocycles. The number of aromatic nitrogens is 1. The normalized spacial score (nSPS) is 15.0. The summed E-state index contributed by atoms with van der Waals surface area (Å²) >= 11 is 0. The second-order valence-electron chi connectivity index (χ2n) is 5.61. The lowest BCUT2D eigenvalue weighted by molar-refractivity contribution is -0.129. The van der Waals surface area contributed by atoms with Crippen molar-refractivity contribution in [2.24, 2.45) is 5.92 Å². The summed E-state index contributed by atoms with van der Waals surface area (Å²) < 4.78 is 1.31. The topological polar surface area (TPSA) is 71.4 Å². The highest BCUT2D eigenvalue weighted by atomic mass is 16.2. The van der Waals surface area contributed by atoms with E-state index in [1.165, 1.54) is 9.47 Å². The number of rotatable bonds is 4. The van der Waals surface area contributed by atoms with Crippen LogP contribution in [0.2, 0.25) is 0 Å². The molecule has 0 unspecified atom stereocenters. The molecular weight excluding hydrogens is 270 g/mol. The first kappa shape index (κ1) is 15.3. The number of likely N-dealkylation sites (N-methyl/N-ethyl adjacent to an activating group) is 1. The molecule has 0 aromatic carbocycles. The van der Waals surface area contributed by atoms with Crippen molar-refractivity contribution in [1.29, 1.82) is 0 Å². The Morgan fingerprint density at radius 3 is 2.62 bits per heavy atom. The van der Waals surface area contributed by atoms with Gasteiger partial charge in [-0.3, -0.25) is 14.4 Å². The Labute approximate surface area is 123 Å². The van der Waals surface area contributed by atoms with E-state index in [9.17, 15) is 14.4 Å². The molecule has 114 valence electrons. The molecule has 1 aliphatic carbocycles. The standard InChI is InChI=1S/C15H21N3O3/c1-17(2)13(19)10-18-9-5-8-12(15(18)21)16-14(20)11-6-3-4-7-11/h5,8-9,11H,3-4,6-7,10H2,1-2H3,(H,16,20). The quantitative estimate of drug-likeness (QED) is 0.902. The average molecular weight is 291 g/mol. The second-order valence-corrected chi connectivity index (χ2v) is 5.61. The summed E-state index contributed by atoms with van der Waals surface area (Å²) in [6.45, 7) is -0.0288. The largest absolute Gasteiger partial charge is 0.347 e. The SMILES string of the molecule is CN(C)C(=O)Cn1cccc(NC(=O)C2CCCC2)c1=O. The van der Waals surface area contributed by atoms with Gasteiger partial charge in [0.05, 0.1) is 0 Å². The van der Waals surface area contributed by atoms with Gasteiger partial charge < -0.3 is 14.8 Å². The molecule has 1 N–H and O–H groups in total. The minimum atomic E-state index is -0.348. The van der Waals surface area contributed by atoms with E-state index in [-0.39, 0.29) is 35.5 Å². The number of hydrogen-bond acceptors (Lipinski definition) is 3. The Morgan fingerprint density at radius 2 is 2.00 bits per heavy atom. The zero-order valence-corrected chi connectivity index (χ0v) is 12.5. The van der Waals surface area contributed by atoms with Crippen molar-refractivity contribution in [3.8, 4) is 0 Å². The van der Waals surface area contributed by atoms with Crippen molar-refractivity contribution in [1.82, 2.24) is 9.47 Å². The van der Waals surface area contributed by atoms with Crippen molar-refractivity contribution in [3.63, 3.8) is 0 Å². The summed E-state index contributed by atoms with van der Waals surface area (Å²) in [6.07, 6.45) is 5.44. The summed E-state index contributed by atoms with van der Waals surface area (Å²) in [6, 6.07) is 3.24. The summed E-state index contributed by atoms with van der Waals surface area (Å²) in [4.78, 5) is 37.4.